The van der Waals surface area contributed by atoms with Crippen molar-refractivity contribution >= 4 is 11.4 Å². The van der Waals surface area contributed by atoms with E-state index in [-0.39, 0.29) is 6.07 Å². The molecular formula is C22H12F12N2. The molecule has 3 aromatic rings. The fourth-order valence-electron chi connectivity index (χ4n) is 3.58. The van der Waals surface area contributed by atoms with Crippen molar-refractivity contribution in [1.29, 1.82) is 0 Å². The predicted molar refractivity (Wildman–Crippen MR) is 106 cm³/mol. The number of rotatable bonds is 2. The monoisotopic (exact) mass is 532 g/mol. The topological polar surface area (TPSA) is 52.0 Å². The van der Waals surface area contributed by atoms with Crippen LogP contribution in [0.15, 0.2) is 48.5 Å². The number of alkyl halides is 12. The number of halogens is 12. The van der Waals surface area contributed by atoms with E-state index in [2.05, 4.69) is 0 Å². The van der Waals surface area contributed by atoms with Gasteiger partial charge >= 0.3 is 24.7 Å². The Labute approximate surface area is 194 Å². The average Bonchev–Trinajstić information content (AvgIpc) is 2.69. The minimum absolute atomic E-state index is 0.0142. The third kappa shape index (κ3) is 5.31. The van der Waals surface area contributed by atoms with E-state index in [1.807, 2.05) is 0 Å². The molecule has 0 saturated carbocycles. The van der Waals surface area contributed by atoms with E-state index >= 15 is 0 Å². The first-order chi connectivity index (χ1) is 16.2. The summed E-state index contributed by atoms with van der Waals surface area (Å²) < 4.78 is 164. The lowest BCUT2D eigenvalue weighted by Gasteiger charge is -2.23. The molecule has 0 aliphatic rings. The Morgan fingerprint density at radius 2 is 0.639 bits per heavy atom. The second kappa shape index (κ2) is 8.52. The van der Waals surface area contributed by atoms with Crippen LogP contribution in [0.25, 0.3) is 22.3 Å². The molecule has 194 valence electrons. The maximum atomic E-state index is 13.8. The van der Waals surface area contributed by atoms with Crippen LogP contribution < -0.4 is 11.5 Å². The molecule has 0 aliphatic heterocycles. The lowest BCUT2D eigenvalue weighted by atomic mass is 9.86. The van der Waals surface area contributed by atoms with Crippen molar-refractivity contribution in [3.63, 3.8) is 0 Å². The molecule has 14 heteroatoms. The zero-order valence-corrected chi connectivity index (χ0v) is 17.3. The molecule has 2 nitrogen and oxygen atoms in total. The molecule has 3 rings (SSSR count). The third-order valence-corrected chi connectivity index (χ3v) is 5.05. The molecule has 0 unspecified atom stereocenters. The average molecular weight is 532 g/mol. The first-order valence-electron chi connectivity index (χ1n) is 9.48. The quantitative estimate of drug-likeness (QED) is 0.258. The summed E-state index contributed by atoms with van der Waals surface area (Å²) in [6.07, 6.45) is -21.8. The van der Waals surface area contributed by atoms with Gasteiger partial charge in [-0.2, -0.15) is 52.7 Å². The summed E-state index contributed by atoms with van der Waals surface area (Å²) in [7, 11) is 0. The number of hydrogen-bond donors (Lipinski definition) is 2. The van der Waals surface area contributed by atoms with Gasteiger partial charge in [-0.1, -0.05) is 0 Å². The van der Waals surface area contributed by atoms with Crippen LogP contribution in [0.3, 0.4) is 0 Å². The minimum Gasteiger partial charge on any atom is -0.399 e. The van der Waals surface area contributed by atoms with E-state index in [9.17, 15) is 52.7 Å². The fraction of sp³-hybridized carbons (Fsp3) is 0.182. The Morgan fingerprint density at radius 1 is 0.361 bits per heavy atom. The summed E-state index contributed by atoms with van der Waals surface area (Å²) in [6.45, 7) is 0. The predicted octanol–water partition coefficient (Wildman–Crippen LogP) is 8.26. The number of nitrogen functional groups attached to an aromatic ring is 2. The van der Waals surface area contributed by atoms with Crippen molar-refractivity contribution in [2.75, 3.05) is 11.5 Å². The maximum absolute atomic E-state index is 13.8. The highest BCUT2D eigenvalue weighted by Crippen LogP contribution is 2.50. The molecule has 0 atom stereocenters. The van der Waals surface area contributed by atoms with Gasteiger partial charge in [0.2, 0.25) is 0 Å². The van der Waals surface area contributed by atoms with Crippen LogP contribution in [0, 0.1) is 0 Å². The first-order valence-corrected chi connectivity index (χ1v) is 9.48. The first kappa shape index (κ1) is 27.0. The second-order valence-electron chi connectivity index (χ2n) is 7.54. The summed E-state index contributed by atoms with van der Waals surface area (Å²) >= 11 is 0. The van der Waals surface area contributed by atoms with Gasteiger partial charge in [0.15, 0.2) is 0 Å². The highest BCUT2D eigenvalue weighted by molar-refractivity contribution is 5.84. The molecule has 0 fully saturated rings. The van der Waals surface area contributed by atoms with Crippen LogP contribution >= 0.6 is 0 Å². The largest absolute Gasteiger partial charge is 0.417 e. The smallest absolute Gasteiger partial charge is 0.399 e. The summed E-state index contributed by atoms with van der Waals surface area (Å²) in [5, 5.41) is 0. The molecule has 0 radical (unpaired) electrons. The van der Waals surface area contributed by atoms with E-state index in [0.717, 1.165) is 0 Å². The van der Waals surface area contributed by atoms with Crippen LogP contribution in [0.2, 0.25) is 0 Å². The van der Waals surface area contributed by atoms with Crippen LogP contribution in [-0.4, -0.2) is 0 Å². The summed E-state index contributed by atoms with van der Waals surface area (Å²) in [5.41, 5.74) is -3.30. The van der Waals surface area contributed by atoms with Gasteiger partial charge in [0.05, 0.1) is 22.3 Å². The van der Waals surface area contributed by atoms with Crippen molar-refractivity contribution in [1.82, 2.24) is 0 Å². The van der Waals surface area contributed by atoms with Crippen LogP contribution in [-0.2, 0) is 24.7 Å². The molecule has 0 bridgehead atoms. The molecule has 3 aromatic carbocycles. The van der Waals surface area contributed by atoms with Gasteiger partial charge in [0.1, 0.15) is 0 Å². The van der Waals surface area contributed by atoms with Crippen LogP contribution in [0.4, 0.5) is 64.1 Å². The second-order valence-corrected chi connectivity index (χ2v) is 7.54. The van der Waals surface area contributed by atoms with Crippen molar-refractivity contribution in [3.8, 4) is 22.3 Å². The Hall–Kier alpha value is -3.58. The lowest BCUT2D eigenvalue weighted by molar-refractivity contribution is -0.143. The molecule has 0 heterocycles. The molecule has 4 N–H and O–H groups in total. The molecular weight excluding hydrogens is 520 g/mol. The fourth-order valence-corrected chi connectivity index (χ4v) is 3.58. The highest BCUT2D eigenvalue weighted by atomic mass is 19.4. The number of nitrogens with two attached hydrogens (primary N) is 2. The van der Waals surface area contributed by atoms with E-state index in [4.69, 9.17) is 11.5 Å². The molecule has 0 saturated heterocycles. The van der Waals surface area contributed by atoms with E-state index in [1.54, 1.807) is 0 Å². The Morgan fingerprint density at radius 3 is 0.917 bits per heavy atom. The molecule has 0 aliphatic carbocycles. The van der Waals surface area contributed by atoms with Gasteiger partial charge in [-0.05, 0) is 70.8 Å². The lowest BCUT2D eigenvalue weighted by Crippen LogP contribution is -2.16. The highest BCUT2D eigenvalue weighted by Gasteiger charge is 2.44. The Kier molecular flexibility index (Phi) is 6.39. The van der Waals surface area contributed by atoms with E-state index < -0.39 is 86.7 Å². The van der Waals surface area contributed by atoms with Crippen LogP contribution in [0.5, 0.6) is 0 Å². The molecule has 0 amide bonds. The Balaban J connectivity index is 2.59. The van der Waals surface area contributed by atoms with Crippen LogP contribution in [0.1, 0.15) is 22.3 Å². The van der Waals surface area contributed by atoms with Gasteiger partial charge in [0, 0.05) is 11.4 Å². The van der Waals surface area contributed by atoms with Gasteiger partial charge in [-0.3, -0.25) is 0 Å². The van der Waals surface area contributed by atoms with E-state index in [0.29, 0.717) is 36.4 Å². The van der Waals surface area contributed by atoms with Crippen molar-refractivity contribution in [3.05, 3.63) is 70.8 Å². The zero-order chi connectivity index (χ0) is 27.4. The number of hydrogen-bond acceptors (Lipinski definition) is 2. The Bertz CT molecular complexity index is 1200. The normalized spacial score (nSPS) is 13.2. The van der Waals surface area contributed by atoms with E-state index in [1.165, 1.54) is 0 Å². The molecule has 0 spiro atoms. The standard InChI is InChI=1S/C22H12F12N2/c23-19(24,25)15-3-1-9(35)5-11(15)13-7-14(12-6-10(36)2-4-16(12)20(26,27)28)18(22(32,33)34)8-17(13)21(29,30)31/h1-8H,35-36H2. The summed E-state index contributed by atoms with van der Waals surface area (Å²) in [5.74, 6) is 0. The minimum atomic E-state index is -5.64. The van der Waals surface area contributed by atoms with Gasteiger partial charge in [-0.15, -0.1) is 0 Å². The molecule has 0 aromatic heterocycles. The zero-order valence-electron chi connectivity index (χ0n) is 17.3. The summed E-state index contributed by atoms with van der Waals surface area (Å²) in [6, 6.07) is 2.35. The SMILES string of the molecule is Nc1ccc(C(F)(F)F)c(-c2cc(-c3cc(N)ccc3C(F)(F)F)c(C(F)(F)F)cc2C(F)(F)F)c1. The summed E-state index contributed by atoms with van der Waals surface area (Å²) in [4.78, 5) is 0. The third-order valence-electron chi connectivity index (χ3n) is 5.05. The maximum Gasteiger partial charge on any atom is 0.417 e. The number of benzene rings is 3. The van der Waals surface area contributed by atoms with Crippen molar-refractivity contribution in [2.24, 2.45) is 0 Å². The van der Waals surface area contributed by atoms with Gasteiger partial charge in [-0.25, -0.2) is 0 Å². The van der Waals surface area contributed by atoms with Crippen molar-refractivity contribution < 1.29 is 52.7 Å². The van der Waals surface area contributed by atoms with Gasteiger partial charge in [0.25, 0.3) is 0 Å². The number of anilines is 2. The van der Waals surface area contributed by atoms with Gasteiger partial charge < -0.3 is 11.5 Å². The van der Waals surface area contributed by atoms with Crippen molar-refractivity contribution in [2.45, 2.75) is 24.7 Å². The molecule has 36 heavy (non-hydrogen) atoms.